The lowest BCUT2D eigenvalue weighted by molar-refractivity contribution is 1.25. The first-order valence-electron chi connectivity index (χ1n) is 4.24. The Kier molecular flexibility index (Phi) is 2.26. The third-order valence-electron chi connectivity index (χ3n) is 2.05. The smallest absolute Gasteiger partial charge is 0.0718 e. The van der Waals surface area contributed by atoms with Crippen LogP contribution in [0.4, 0.5) is 0 Å². The van der Waals surface area contributed by atoms with Crippen LogP contribution in [0.25, 0.3) is 10.9 Å². The Morgan fingerprint density at radius 3 is 2.86 bits per heavy atom. The van der Waals surface area contributed by atoms with Crippen LogP contribution in [0.2, 0.25) is 0 Å². The maximum atomic E-state index is 5.44. The highest BCUT2D eigenvalue weighted by atomic mass is 79.9. The Morgan fingerprint density at radius 2 is 2.14 bits per heavy atom. The molecule has 1 aromatic heterocycles. The zero-order valence-corrected chi connectivity index (χ0v) is 9.30. The van der Waals surface area contributed by atoms with Gasteiger partial charge in [-0.2, -0.15) is 0 Å². The van der Waals surface area contributed by atoms with E-state index in [0.717, 1.165) is 26.6 Å². The van der Waals surface area contributed by atoms with E-state index in [4.69, 9.17) is 6.42 Å². The van der Waals surface area contributed by atoms with Gasteiger partial charge in [-0.05, 0) is 31.2 Å². The standard InChI is InChI=1S/C12H8BrN/c1-3-9-6-8(2)14-12-5-4-10(13)7-11(9)12/h1,4-7H,2H3. The van der Waals surface area contributed by atoms with Crippen molar-refractivity contribution in [2.45, 2.75) is 6.92 Å². The highest BCUT2D eigenvalue weighted by Gasteiger charge is 2.01. The molecule has 0 amide bonds. The van der Waals surface area contributed by atoms with Crippen molar-refractivity contribution in [1.29, 1.82) is 0 Å². The van der Waals surface area contributed by atoms with Gasteiger partial charge in [-0.15, -0.1) is 6.42 Å². The van der Waals surface area contributed by atoms with Gasteiger partial charge in [0.1, 0.15) is 0 Å². The van der Waals surface area contributed by atoms with Crippen LogP contribution >= 0.6 is 15.9 Å². The van der Waals surface area contributed by atoms with Crippen molar-refractivity contribution in [1.82, 2.24) is 4.98 Å². The summed E-state index contributed by atoms with van der Waals surface area (Å²) in [6, 6.07) is 7.86. The summed E-state index contributed by atoms with van der Waals surface area (Å²) in [6.45, 7) is 1.95. The van der Waals surface area contributed by atoms with Gasteiger partial charge >= 0.3 is 0 Å². The van der Waals surface area contributed by atoms with E-state index in [9.17, 15) is 0 Å². The van der Waals surface area contributed by atoms with Crippen molar-refractivity contribution in [3.05, 3.63) is 40.0 Å². The largest absolute Gasteiger partial charge is 0.253 e. The molecule has 0 saturated carbocycles. The molecule has 0 radical (unpaired) electrons. The number of halogens is 1. The molecule has 14 heavy (non-hydrogen) atoms. The molecule has 1 nitrogen and oxygen atoms in total. The molecule has 1 aromatic carbocycles. The SMILES string of the molecule is C#Cc1cc(C)nc2ccc(Br)cc12. The minimum absolute atomic E-state index is 0.897. The second-order valence-corrected chi connectivity index (χ2v) is 4.03. The summed E-state index contributed by atoms with van der Waals surface area (Å²) in [4.78, 5) is 4.41. The van der Waals surface area contributed by atoms with Gasteiger partial charge in [-0.3, -0.25) is 4.98 Å². The minimum Gasteiger partial charge on any atom is -0.253 e. The van der Waals surface area contributed by atoms with Gasteiger partial charge < -0.3 is 0 Å². The number of benzene rings is 1. The van der Waals surface area contributed by atoms with Gasteiger partial charge in [0.25, 0.3) is 0 Å². The van der Waals surface area contributed by atoms with Crippen LogP contribution < -0.4 is 0 Å². The molecule has 2 rings (SSSR count). The highest BCUT2D eigenvalue weighted by molar-refractivity contribution is 9.10. The van der Waals surface area contributed by atoms with Crippen molar-refractivity contribution in [3.8, 4) is 12.3 Å². The molecule has 0 aliphatic carbocycles. The fourth-order valence-electron chi connectivity index (χ4n) is 1.45. The molecule has 0 bridgehead atoms. The summed E-state index contributed by atoms with van der Waals surface area (Å²) in [5, 5.41) is 1.02. The zero-order chi connectivity index (χ0) is 10.1. The van der Waals surface area contributed by atoms with Crippen molar-refractivity contribution >= 4 is 26.8 Å². The van der Waals surface area contributed by atoms with Crippen LogP contribution in [0.1, 0.15) is 11.3 Å². The van der Waals surface area contributed by atoms with E-state index in [-0.39, 0.29) is 0 Å². The summed E-state index contributed by atoms with van der Waals surface area (Å²) >= 11 is 3.42. The molecule has 68 valence electrons. The number of terminal acetylenes is 1. The van der Waals surface area contributed by atoms with Crippen molar-refractivity contribution in [2.24, 2.45) is 0 Å². The van der Waals surface area contributed by atoms with Gasteiger partial charge in [0.2, 0.25) is 0 Å². The average molecular weight is 246 g/mol. The molecule has 0 atom stereocenters. The molecule has 1 heterocycles. The van der Waals surface area contributed by atoms with Gasteiger partial charge in [-0.1, -0.05) is 21.9 Å². The van der Waals surface area contributed by atoms with Crippen LogP contribution in [0.5, 0.6) is 0 Å². The third-order valence-corrected chi connectivity index (χ3v) is 2.55. The fourth-order valence-corrected chi connectivity index (χ4v) is 1.81. The number of rotatable bonds is 0. The van der Waals surface area contributed by atoms with E-state index < -0.39 is 0 Å². The minimum atomic E-state index is 0.897. The predicted octanol–water partition coefficient (Wildman–Crippen LogP) is 3.29. The van der Waals surface area contributed by atoms with Crippen LogP contribution in [-0.4, -0.2) is 4.98 Å². The second-order valence-electron chi connectivity index (χ2n) is 3.12. The molecule has 2 aromatic rings. The van der Waals surface area contributed by atoms with Crippen LogP contribution in [0.3, 0.4) is 0 Å². The molecule has 0 spiro atoms. The van der Waals surface area contributed by atoms with E-state index in [0.29, 0.717) is 0 Å². The fraction of sp³-hybridized carbons (Fsp3) is 0.0833. The monoisotopic (exact) mass is 245 g/mol. The zero-order valence-electron chi connectivity index (χ0n) is 7.71. The number of fused-ring (bicyclic) bond motifs is 1. The van der Waals surface area contributed by atoms with Crippen molar-refractivity contribution < 1.29 is 0 Å². The first-order valence-corrected chi connectivity index (χ1v) is 5.03. The van der Waals surface area contributed by atoms with Crippen molar-refractivity contribution in [2.75, 3.05) is 0 Å². The molecule has 0 saturated heterocycles. The molecule has 0 N–H and O–H groups in total. The van der Waals surface area contributed by atoms with E-state index in [1.807, 2.05) is 31.2 Å². The Bertz CT molecular complexity index is 538. The molecular formula is C12H8BrN. The lowest BCUT2D eigenvalue weighted by atomic mass is 10.1. The average Bonchev–Trinajstić information content (AvgIpc) is 2.17. The first-order chi connectivity index (χ1) is 6.70. The normalized spacial score (nSPS) is 10.1. The number of hydrogen-bond donors (Lipinski definition) is 0. The number of aryl methyl sites for hydroxylation is 1. The number of aromatic nitrogens is 1. The summed E-state index contributed by atoms with van der Waals surface area (Å²) in [5.41, 5.74) is 2.79. The topological polar surface area (TPSA) is 12.9 Å². The quantitative estimate of drug-likeness (QED) is 0.650. The highest BCUT2D eigenvalue weighted by Crippen LogP contribution is 2.21. The molecule has 0 aliphatic rings. The van der Waals surface area contributed by atoms with Gasteiger partial charge in [0.15, 0.2) is 0 Å². The van der Waals surface area contributed by atoms with E-state index in [1.54, 1.807) is 0 Å². The van der Waals surface area contributed by atoms with Crippen LogP contribution in [-0.2, 0) is 0 Å². The predicted molar refractivity (Wildman–Crippen MR) is 62.1 cm³/mol. The molecule has 0 aliphatic heterocycles. The Morgan fingerprint density at radius 1 is 1.36 bits per heavy atom. The molecule has 0 unspecified atom stereocenters. The van der Waals surface area contributed by atoms with Gasteiger partial charge in [-0.25, -0.2) is 0 Å². The van der Waals surface area contributed by atoms with Gasteiger partial charge in [0.05, 0.1) is 5.52 Å². The number of hydrogen-bond acceptors (Lipinski definition) is 1. The van der Waals surface area contributed by atoms with Crippen LogP contribution in [0.15, 0.2) is 28.7 Å². The number of pyridine rings is 1. The molecular weight excluding hydrogens is 238 g/mol. The summed E-state index contributed by atoms with van der Waals surface area (Å²) in [5.74, 6) is 2.68. The Hall–Kier alpha value is -1.33. The van der Waals surface area contributed by atoms with E-state index >= 15 is 0 Å². The third kappa shape index (κ3) is 1.51. The lowest BCUT2D eigenvalue weighted by Gasteiger charge is -2.02. The Labute approximate surface area is 91.3 Å². The molecule has 0 fully saturated rings. The summed E-state index contributed by atoms with van der Waals surface area (Å²) in [7, 11) is 0. The second kappa shape index (κ2) is 3.43. The van der Waals surface area contributed by atoms with E-state index in [2.05, 4.69) is 26.8 Å². The van der Waals surface area contributed by atoms with Crippen molar-refractivity contribution in [3.63, 3.8) is 0 Å². The maximum absolute atomic E-state index is 5.44. The summed E-state index contributed by atoms with van der Waals surface area (Å²) < 4.78 is 1.02. The summed E-state index contributed by atoms with van der Waals surface area (Å²) in [6.07, 6.45) is 5.44. The van der Waals surface area contributed by atoms with E-state index in [1.165, 1.54) is 0 Å². The lowest BCUT2D eigenvalue weighted by Crippen LogP contribution is -1.87. The van der Waals surface area contributed by atoms with Gasteiger partial charge in [0, 0.05) is 21.1 Å². The number of nitrogens with zero attached hydrogens (tertiary/aromatic N) is 1. The Balaban J connectivity index is 2.90. The molecule has 2 heteroatoms. The maximum Gasteiger partial charge on any atom is 0.0718 e. The van der Waals surface area contributed by atoms with Crippen LogP contribution in [0, 0.1) is 19.3 Å². The first kappa shape index (κ1) is 9.23.